The van der Waals surface area contributed by atoms with Crippen molar-refractivity contribution < 1.29 is 4.48 Å². The zero-order valence-corrected chi connectivity index (χ0v) is 7.91. The van der Waals surface area contributed by atoms with Crippen molar-refractivity contribution in [3.63, 3.8) is 0 Å². The molecule has 1 aliphatic rings. The molecule has 0 amide bonds. The largest absolute Gasteiger partial charge is 0.326 e. The van der Waals surface area contributed by atoms with Crippen molar-refractivity contribution in [2.75, 3.05) is 46.7 Å². The van der Waals surface area contributed by atoms with Gasteiger partial charge in [0.25, 0.3) is 0 Å². The van der Waals surface area contributed by atoms with Gasteiger partial charge in [0.05, 0.1) is 27.2 Å². The first kappa shape index (κ1) is 10.2. The quantitative estimate of drug-likeness (QED) is 0.408. The number of likely N-dealkylation sites (N-methyl/N-ethyl adjacent to an activating group) is 1. The van der Waals surface area contributed by atoms with Gasteiger partial charge in [0.2, 0.25) is 0 Å². The Hall–Kier alpha value is 0.210. The third kappa shape index (κ3) is 4.09. The number of halogens is 1. The Bertz CT molecular complexity index is 75.7. The summed E-state index contributed by atoms with van der Waals surface area (Å²) in [7, 11) is 4.56. The molecule has 0 aromatic rings. The Labute approximate surface area is 68.8 Å². The van der Waals surface area contributed by atoms with E-state index in [0.29, 0.717) is 0 Å². The van der Waals surface area contributed by atoms with Crippen LogP contribution in [0.15, 0.2) is 0 Å². The lowest BCUT2D eigenvalue weighted by atomic mass is 10.3. The fourth-order valence-corrected chi connectivity index (χ4v) is 1.00. The lowest BCUT2D eigenvalue weighted by Gasteiger charge is -2.33. The predicted molar refractivity (Wildman–Crippen MR) is 46.5 cm³/mol. The molecule has 62 valence electrons. The summed E-state index contributed by atoms with van der Waals surface area (Å²) in [6.07, 6.45) is 1.47. The maximum atomic E-state index is 4.64. The average Bonchev–Trinajstić information content (AvgIpc) is 1.92. The molecule has 1 N–H and O–H groups in total. The topological polar surface area (TPSA) is 12.0 Å². The van der Waals surface area contributed by atoms with Gasteiger partial charge in [0, 0.05) is 19.5 Å². The molecule has 0 unspecified atom stereocenters. The van der Waals surface area contributed by atoms with Gasteiger partial charge in [0.1, 0.15) is 0 Å². The predicted octanol–water partition coefficient (Wildman–Crippen LogP) is 0.521. The molecule has 3 heteroatoms. The van der Waals surface area contributed by atoms with Crippen molar-refractivity contribution in [2.45, 2.75) is 0 Å². The number of nitrogens with zero attached hydrogens (tertiary/aromatic N) is 1. The van der Waals surface area contributed by atoms with E-state index < -0.39 is 0 Å². The summed E-state index contributed by atoms with van der Waals surface area (Å²) in [4.78, 5) is 0. The van der Waals surface area contributed by atoms with E-state index in [4.69, 9.17) is 0 Å². The fraction of sp³-hybridized carbons (Fsp3) is 1.00. The SMILES string of the molecule is CCl.C[N+]1(C)CCNCC1. The van der Waals surface area contributed by atoms with Gasteiger partial charge >= 0.3 is 0 Å². The molecule has 0 atom stereocenters. The van der Waals surface area contributed by atoms with Gasteiger partial charge < -0.3 is 9.80 Å². The molecule has 1 aliphatic heterocycles. The summed E-state index contributed by atoms with van der Waals surface area (Å²) in [5.74, 6) is 0. The van der Waals surface area contributed by atoms with Gasteiger partial charge in [-0.2, -0.15) is 0 Å². The van der Waals surface area contributed by atoms with Gasteiger partial charge in [-0.15, -0.1) is 11.6 Å². The first-order chi connectivity index (χ1) is 4.71. The first-order valence-electron chi connectivity index (χ1n) is 3.61. The van der Waals surface area contributed by atoms with Crippen LogP contribution in [-0.2, 0) is 0 Å². The normalized spacial score (nSPS) is 22.8. The van der Waals surface area contributed by atoms with Crippen molar-refractivity contribution >= 4 is 11.6 Å². The third-order valence-corrected chi connectivity index (χ3v) is 1.79. The van der Waals surface area contributed by atoms with Crippen LogP contribution in [0.25, 0.3) is 0 Å². The zero-order valence-electron chi connectivity index (χ0n) is 7.15. The van der Waals surface area contributed by atoms with Crippen LogP contribution in [0.3, 0.4) is 0 Å². The molecule has 1 heterocycles. The van der Waals surface area contributed by atoms with Crippen LogP contribution in [-0.4, -0.2) is 51.1 Å². The second-order valence-corrected chi connectivity index (χ2v) is 3.13. The van der Waals surface area contributed by atoms with E-state index in [1.165, 1.54) is 37.0 Å². The minimum atomic E-state index is 1.19. The zero-order chi connectivity index (χ0) is 8.04. The monoisotopic (exact) mass is 165 g/mol. The van der Waals surface area contributed by atoms with Gasteiger partial charge in [-0.25, -0.2) is 0 Å². The molecule has 0 aromatic heterocycles. The van der Waals surface area contributed by atoms with E-state index in [1.54, 1.807) is 0 Å². The summed E-state index contributed by atoms with van der Waals surface area (Å²) in [5, 5.41) is 3.32. The van der Waals surface area contributed by atoms with Crippen LogP contribution >= 0.6 is 11.6 Å². The van der Waals surface area contributed by atoms with E-state index in [9.17, 15) is 0 Å². The number of quaternary nitrogens is 1. The number of alkyl halides is 1. The molecule has 1 rings (SSSR count). The minimum absolute atomic E-state index is 1.19. The molecule has 0 radical (unpaired) electrons. The number of rotatable bonds is 0. The van der Waals surface area contributed by atoms with Crippen LogP contribution in [0.2, 0.25) is 0 Å². The molecule has 2 nitrogen and oxygen atoms in total. The first-order valence-corrected chi connectivity index (χ1v) is 4.37. The summed E-state index contributed by atoms with van der Waals surface area (Å²) >= 11 is 4.64. The standard InChI is InChI=1S/C6H15N2.CH3Cl/c1-8(2)5-3-7-4-6-8;1-2/h7H,3-6H2,1-2H3;1H3/q+1;. The molecular weight excluding hydrogens is 148 g/mol. The summed E-state index contributed by atoms with van der Waals surface area (Å²) in [5.41, 5.74) is 0. The highest BCUT2D eigenvalue weighted by molar-refractivity contribution is 6.15. The number of piperazine rings is 1. The van der Waals surface area contributed by atoms with Crippen molar-refractivity contribution in [1.29, 1.82) is 0 Å². The van der Waals surface area contributed by atoms with Gasteiger partial charge in [-0.1, -0.05) is 0 Å². The Morgan fingerprint density at radius 2 is 1.50 bits per heavy atom. The van der Waals surface area contributed by atoms with Crippen LogP contribution in [0.1, 0.15) is 0 Å². The van der Waals surface area contributed by atoms with E-state index >= 15 is 0 Å². The lowest BCUT2D eigenvalue weighted by molar-refractivity contribution is -0.891. The lowest BCUT2D eigenvalue weighted by Crippen LogP contribution is -2.53. The maximum absolute atomic E-state index is 4.64. The molecular formula is C7H18ClN2+. The highest BCUT2D eigenvalue weighted by Gasteiger charge is 2.17. The van der Waals surface area contributed by atoms with Crippen molar-refractivity contribution in [3.8, 4) is 0 Å². The van der Waals surface area contributed by atoms with E-state index in [2.05, 4.69) is 31.0 Å². The molecule has 10 heavy (non-hydrogen) atoms. The van der Waals surface area contributed by atoms with E-state index in [-0.39, 0.29) is 0 Å². The molecule has 0 bridgehead atoms. The smallest absolute Gasteiger partial charge is 0.0909 e. The minimum Gasteiger partial charge on any atom is -0.326 e. The molecule has 0 aliphatic carbocycles. The molecule has 1 fully saturated rings. The van der Waals surface area contributed by atoms with Crippen molar-refractivity contribution in [2.24, 2.45) is 0 Å². The third-order valence-electron chi connectivity index (χ3n) is 1.79. The average molecular weight is 166 g/mol. The molecule has 0 aromatic carbocycles. The summed E-state index contributed by atoms with van der Waals surface area (Å²) in [6, 6.07) is 0. The van der Waals surface area contributed by atoms with Crippen LogP contribution in [0.4, 0.5) is 0 Å². The summed E-state index contributed by atoms with van der Waals surface area (Å²) in [6.45, 7) is 4.93. The Kier molecular flexibility index (Phi) is 5.04. The Morgan fingerprint density at radius 1 is 1.10 bits per heavy atom. The highest BCUT2D eigenvalue weighted by Crippen LogP contribution is 1.96. The second-order valence-electron chi connectivity index (χ2n) is 3.13. The Balaban J connectivity index is 0.000000371. The van der Waals surface area contributed by atoms with Crippen LogP contribution in [0, 0.1) is 0 Å². The number of hydrogen-bond donors (Lipinski definition) is 1. The van der Waals surface area contributed by atoms with Gasteiger partial charge in [-0.05, 0) is 0 Å². The van der Waals surface area contributed by atoms with Crippen molar-refractivity contribution in [3.05, 3.63) is 0 Å². The number of hydrogen-bond acceptors (Lipinski definition) is 1. The van der Waals surface area contributed by atoms with Crippen molar-refractivity contribution in [1.82, 2.24) is 5.32 Å². The van der Waals surface area contributed by atoms with Crippen LogP contribution in [0.5, 0.6) is 0 Å². The van der Waals surface area contributed by atoms with Crippen LogP contribution < -0.4 is 5.32 Å². The van der Waals surface area contributed by atoms with E-state index in [1.807, 2.05) is 0 Å². The molecule has 1 saturated heterocycles. The molecule has 0 saturated carbocycles. The van der Waals surface area contributed by atoms with Gasteiger partial charge in [0.15, 0.2) is 0 Å². The number of nitrogens with one attached hydrogen (secondary N) is 1. The second kappa shape index (κ2) is 4.94. The fourth-order valence-electron chi connectivity index (χ4n) is 1.00. The molecule has 0 spiro atoms. The van der Waals surface area contributed by atoms with E-state index in [0.717, 1.165) is 0 Å². The summed E-state index contributed by atoms with van der Waals surface area (Å²) < 4.78 is 1.19. The maximum Gasteiger partial charge on any atom is 0.0909 e. The van der Waals surface area contributed by atoms with Gasteiger partial charge in [-0.3, -0.25) is 0 Å². The highest BCUT2D eigenvalue weighted by atomic mass is 35.5. The Morgan fingerprint density at radius 3 is 1.70 bits per heavy atom.